The van der Waals surface area contributed by atoms with Crippen LogP contribution in [0, 0.1) is 0 Å². The molecule has 1 aromatic heterocycles. The molecule has 0 spiro atoms. The topological polar surface area (TPSA) is 60.2 Å². The van der Waals surface area contributed by atoms with Crippen LogP contribution < -0.4 is 0 Å². The van der Waals surface area contributed by atoms with Gasteiger partial charge in [0.15, 0.2) is 11.9 Å². The lowest BCUT2D eigenvalue weighted by Gasteiger charge is -2.33. The van der Waals surface area contributed by atoms with E-state index in [4.69, 9.17) is 4.74 Å². The van der Waals surface area contributed by atoms with Crippen LogP contribution in [-0.2, 0) is 11.8 Å². The Morgan fingerprint density at radius 2 is 2.06 bits per heavy atom. The molecule has 2 rings (SSSR count). The molecule has 0 aromatic carbocycles. The Morgan fingerprint density at radius 1 is 1.41 bits per heavy atom. The molecule has 0 bridgehead atoms. The van der Waals surface area contributed by atoms with Gasteiger partial charge in [-0.2, -0.15) is 5.10 Å². The van der Waals surface area contributed by atoms with Crippen molar-refractivity contribution in [2.24, 2.45) is 7.05 Å². The Kier molecular flexibility index (Phi) is 2.60. The molecule has 0 unspecified atom stereocenters. The predicted molar refractivity (Wildman–Crippen MR) is 61.3 cm³/mol. The Hall–Kier alpha value is -1.59. The van der Waals surface area contributed by atoms with Gasteiger partial charge in [0.2, 0.25) is 0 Å². The highest BCUT2D eigenvalue weighted by atomic mass is 16.6. The molecule has 1 aliphatic heterocycles. The molecule has 0 N–H and O–H groups in total. The van der Waals surface area contributed by atoms with Gasteiger partial charge in [-0.3, -0.25) is 4.90 Å². The number of ether oxygens (including phenoxy) is 1. The van der Waals surface area contributed by atoms with E-state index in [0.717, 1.165) is 0 Å². The second-order valence-electron chi connectivity index (χ2n) is 5.33. The molecule has 0 saturated carbocycles. The van der Waals surface area contributed by atoms with Crippen LogP contribution in [0.1, 0.15) is 39.6 Å². The largest absolute Gasteiger partial charge is 0.436 e. The Bertz CT molecular complexity index is 435. The molecule has 2 atom stereocenters. The molecule has 0 radical (unpaired) electrons. The molecule has 2 heterocycles. The number of aryl methyl sites for hydroxylation is 1. The maximum atomic E-state index is 11.9. The number of carbonyl (C=O) groups is 1. The standard InChI is InChI=1S/C11H18N4O2/c1-7-8(9-12-6-13-14(9)5)17-10(16)15(7)11(2,3)4/h6-8H,1-5H3/t7-,8-/m0/s1. The lowest BCUT2D eigenvalue weighted by Crippen LogP contribution is -2.46. The van der Waals surface area contributed by atoms with Crippen LogP contribution in [-0.4, -0.2) is 37.3 Å². The minimum Gasteiger partial charge on any atom is -0.436 e. The summed E-state index contributed by atoms with van der Waals surface area (Å²) in [4.78, 5) is 17.8. The van der Waals surface area contributed by atoms with E-state index in [-0.39, 0.29) is 23.8 Å². The quantitative estimate of drug-likeness (QED) is 0.743. The normalized spacial score (nSPS) is 25.2. The summed E-state index contributed by atoms with van der Waals surface area (Å²) in [5.74, 6) is 0.678. The van der Waals surface area contributed by atoms with Crippen LogP contribution >= 0.6 is 0 Å². The van der Waals surface area contributed by atoms with Gasteiger partial charge in [-0.25, -0.2) is 14.5 Å². The summed E-state index contributed by atoms with van der Waals surface area (Å²) in [6.45, 7) is 7.94. The van der Waals surface area contributed by atoms with Gasteiger partial charge in [-0.15, -0.1) is 0 Å². The van der Waals surface area contributed by atoms with Crippen molar-refractivity contribution >= 4 is 6.09 Å². The second-order valence-corrected chi connectivity index (χ2v) is 5.33. The first-order valence-corrected chi connectivity index (χ1v) is 5.66. The third-order valence-corrected chi connectivity index (χ3v) is 2.99. The van der Waals surface area contributed by atoms with Crippen molar-refractivity contribution in [3.05, 3.63) is 12.2 Å². The van der Waals surface area contributed by atoms with Crippen LogP contribution in [0.2, 0.25) is 0 Å². The number of aromatic nitrogens is 3. The van der Waals surface area contributed by atoms with E-state index in [1.807, 2.05) is 27.7 Å². The van der Waals surface area contributed by atoms with Gasteiger partial charge in [0.1, 0.15) is 6.33 Å². The Balaban J connectivity index is 2.31. The Morgan fingerprint density at radius 3 is 2.47 bits per heavy atom. The molecule has 94 valence electrons. The predicted octanol–water partition coefficient (Wildman–Crippen LogP) is 1.50. The molecule has 1 aliphatic rings. The van der Waals surface area contributed by atoms with E-state index >= 15 is 0 Å². The van der Waals surface area contributed by atoms with Crippen LogP contribution in [0.5, 0.6) is 0 Å². The molecular formula is C11H18N4O2. The first-order valence-electron chi connectivity index (χ1n) is 5.66. The van der Waals surface area contributed by atoms with Crippen molar-refractivity contribution in [3.8, 4) is 0 Å². The highest BCUT2D eigenvalue weighted by Crippen LogP contribution is 2.35. The van der Waals surface area contributed by atoms with Gasteiger partial charge >= 0.3 is 6.09 Å². The van der Waals surface area contributed by atoms with Gasteiger partial charge in [0.25, 0.3) is 0 Å². The fourth-order valence-electron chi connectivity index (χ4n) is 2.28. The van der Waals surface area contributed by atoms with E-state index in [1.165, 1.54) is 6.33 Å². The first kappa shape index (κ1) is 11.9. The zero-order valence-corrected chi connectivity index (χ0v) is 10.8. The fourth-order valence-corrected chi connectivity index (χ4v) is 2.28. The van der Waals surface area contributed by atoms with Crippen molar-refractivity contribution in [2.45, 2.75) is 45.4 Å². The molecule has 1 aromatic rings. The summed E-state index contributed by atoms with van der Waals surface area (Å²) >= 11 is 0. The molecule has 1 amide bonds. The van der Waals surface area contributed by atoms with Gasteiger partial charge in [-0.05, 0) is 27.7 Å². The average Bonchev–Trinajstić information content (AvgIpc) is 2.69. The van der Waals surface area contributed by atoms with E-state index in [0.29, 0.717) is 5.82 Å². The van der Waals surface area contributed by atoms with Crippen LogP contribution in [0.25, 0.3) is 0 Å². The number of carbonyl (C=O) groups excluding carboxylic acids is 1. The van der Waals surface area contributed by atoms with Crippen LogP contribution in [0.4, 0.5) is 4.79 Å². The maximum absolute atomic E-state index is 11.9. The summed E-state index contributed by atoms with van der Waals surface area (Å²) < 4.78 is 7.04. The van der Waals surface area contributed by atoms with Gasteiger partial charge in [0, 0.05) is 12.6 Å². The van der Waals surface area contributed by atoms with Crippen LogP contribution in [0.15, 0.2) is 6.33 Å². The lowest BCUT2D eigenvalue weighted by atomic mass is 10.0. The van der Waals surface area contributed by atoms with E-state index in [1.54, 1.807) is 16.6 Å². The monoisotopic (exact) mass is 238 g/mol. The molecule has 17 heavy (non-hydrogen) atoms. The zero-order chi connectivity index (χ0) is 12.8. The first-order chi connectivity index (χ1) is 7.82. The van der Waals surface area contributed by atoms with Crippen LogP contribution in [0.3, 0.4) is 0 Å². The minimum atomic E-state index is -0.353. The molecule has 0 aliphatic carbocycles. The summed E-state index contributed by atoms with van der Waals surface area (Å²) in [5, 5.41) is 4.00. The Labute approximate surface area is 101 Å². The van der Waals surface area contributed by atoms with E-state index in [2.05, 4.69) is 10.1 Å². The smallest absolute Gasteiger partial charge is 0.411 e. The summed E-state index contributed by atoms with van der Waals surface area (Å²) in [7, 11) is 1.79. The third-order valence-electron chi connectivity index (χ3n) is 2.99. The van der Waals surface area contributed by atoms with Crippen molar-refractivity contribution in [2.75, 3.05) is 0 Å². The summed E-state index contributed by atoms with van der Waals surface area (Å²) in [6, 6.07) is -0.0506. The molecule has 6 nitrogen and oxygen atoms in total. The SMILES string of the molecule is C[C@H]1[C@@H](c2ncnn2C)OC(=O)N1C(C)(C)C. The van der Waals surface area contributed by atoms with Gasteiger partial charge in [-0.1, -0.05) is 0 Å². The molecule has 6 heteroatoms. The number of nitrogens with zero attached hydrogens (tertiary/aromatic N) is 4. The number of cyclic esters (lactones) is 1. The highest BCUT2D eigenvalue weighted by molar-refractivity contribution is 5.71. The van der Waals surface area contributed by atoms with Crippen molar-refractivity contribution < 1.29 is 9.53 Å². The zero-order valence-electron chi connectivity index (χ0n) is 10.8. The lowest BCUT2D eigenvalue weighted by molar-refractivity contribution is 0.117. The van der Waals surface area contributed by atoms with Gasteiger partial charge in [0.05, 0.1) is 6.04 Å². The molecular weight excluding hydrogens is 220 g/mol. The summed E-state index contributed by atoms with van der Waals surface area (Å²) in [5.41, 5.74) is -0.260. The van der Waals surface area contributed by atoms with E-state index < -0.39 is 0 Å². The highest BCUT2D eigenvalue weighted by Gasteiger charge is 2.46. The number of amides is 1. The van der Waals surface area contributed by atoms with Gasteiger partial charge < -0.3 is 4.74 Å². The van der Waals surface area contributed by atoms with Crippen molar-refractivity contribution in [1.82, 2.24) is 19.7 Å². The second kappa shape index (κ2) is 3.72. The maximum Gasteiger partial charge on any atom is 0.411 e. The minimum absolute atomic E-state index is 0.0506. The van der Waals surface area contributed by atoms with Crippen molar-refractivity contribution in [3.63, 3.8) is 0 Å². The molecule has 1 saturated heterocycles. The van der Waals surface area contributed by atoms with Crippen molar-refractivity contribution in [1.29, 1.82) is 0 Å². The average molecular weight is 238 g/mol. The number of hydrogen-bond donors (Lipinski definition) is 0. The molecule has 1 fully saturated rings. The van der Waals surface area contributed by atoms with E-state index in [9.17, 15) is 4.79 Å². The third kappa shape index (κ3) is 1.87. The number of hydrogen-bond acceptors (Lipinski definition) is 4. The summed E-state index contributed by atoms with van der Waals surface area (Å²) in [6.07, 6.45) is 0.822. The number of rotatable bonds is 1. The fraction of sp³-hybridized carbons (Fsp3) is 0.727.